The molecule has 1 heterocycles. The monoisotopic (exact) mass is 345 g/mol. The van der Waals surface area contributed by atoms with Crippen LogP contribution >= 0.6 is 15.9 Å². The topological polar surface area (TPSA) is 33.1 Å². The average Bonchev–Trinajstić information content (AvgIpc) is 2.50. The standard InChI is InChI=1S/C17H13BrFNO/c18-14-8-11(3-5-15(14)19)9-17(21)13-4-6-16-12(10-13)2-1-7-20-16/h1-8,10,17,21H,9H2. The van der Waals surface area contributed by atoms with Crippen LogP contribution in [0.5, 0.6) is 0 Å². The van der Waals surface area contributed by atoms with Gasteiger partial charge in [0.1, 0.15) is 5.82 Å². The fourth-order valence-corrected chi connectivity index (χ4v) is 2.74. The maximum Gasteiger partial charge on any atom is 0.137 e. The Morgan fingerprint density at radius 1 is 1.14 bits per heavy atom. The van der Waals surface area contributed by atoms with Crippen molar-refractivity contribution in [3.8, 4) is 0 Å². The van der Waals surface area contributed by atoms with Crippen LogP contribution in [0.15, 0.2) is 59.2 Å². The number of pyridine rings is 1. The summed E-state index contributed by atoms with van der Waals surface area (Å²) in [5, 5.41) is 11.4. The normalized spacial score (nSPS) is 12.5. The second kappa shape index (κ2) is 5.92. The lowest BCUT2D eigenvalue weighted by Crippen LogP contribution is -2.02. The number of hydrogen-bond acceptors (Lipinski definition) is 2. The first-order valence-corrected chi connectivity index (χ1v) is 7.39. The molecular formula is C17H13BrFNO. The molecule has 0 fully saturated rings. The summed E-state index contributed by atoms with van der Waals surface area (Å²) in [7, 11) is 0. The van der Waals surface area contributed by atoms with E-state index in [0.717, 1.165) is 22.0 Å². The molecule has 0 saturated heterocycles. The van der Waals surface area contributed by atoms with Crippen LogP contribution in [0.4, 0.5) is 4.39 Å². The number of fused-ring (bicyclic) bond motifs is 1. The van der Waals surface area contributed by atoms with Gasteiger partial charge < -0.3 is 5.11 Å². The van der Waals surface area contributed by atoms with Crippen molar-refractivity contribution in [1.29, 1.82) is 0 Å². The van der Waals surface area contributed by atoms with Crippen LogP contribution in [-0.2, 0) is 6.42 Å². The van der Waals surface area contributed by atoms with Gasteiger partial charge in [-0.2, -0.15) is 0 Å². The summed E-state index contributed by atoms with van der Waals surface area (Å²) in [5.74, 6) is -0.301. The van der Waals surface area contributed by atoms with Crippen LogP contribution in [0.25, 0.3) is 10.9 Å². The number of rotatable bonds is 3. The van der Waals surface area contributed by atoms with Gasteiger partial charge in [0.2, 0.25) is 0 Å². The molecule has 1 unspecified atom stereocenters. The molecule has 0 aliphatic heterocycles. The molecular weight excluding hydrogens is 333 g/mol. The zero-order chi connectivity index (χ0) is 14.8. The van der Waals surface area contributed by atoms with E-state index in [0.29, 0.717) is 10.9 Å². The van der Waals surface area contributed by atoms with Crippen LogP contribution < -0.4 is 0 Å². The van der Waals surface area contributed by atoms with Crippen LogP contribution in [0.1, 0.15) is 17.2 Å². The fourth-order valence-electron chi connectivity index (χ4n) is 2.31. The van der Waals surface area contributed by atoms with Gasteiger partial charge in [0, 0.05) is 18.0 Å². The summed E-state index contributed by atoms with van der Waals surface area (Å²) in [4.78, 5) is 4.26. The van der Waals surface area contributed by atoms with Gasteiger partial charge in [-0.05, 0) is 57.4 Å². The van der Waals surface area contributed by atoms with Gasteiger partial charge in [0.25, 0.3) is 0 Å². The second-order valence-electron chi connectivity index (χ2n) is 4.92. The summed E-state index contributed by atoms with van der Waals surface area (Å²) in [5.41, 5.74) is 2.61. The van der Waals surface area contributed by atoms with Crippen molar-refractivity contribution in [2.45, 2.75) is 12.5 Å². The van der Waals surface area contributed by atoms with Crippen LogP contribution in [-0.4, -0.2) is 10.1 Å². The Morgan fingerprint density at radius 2 is 2.00 bits per heavy atom. The van der Waals surface area contributed by atoms with Crippen molar-refractivity contribution in [2.24, 2.45) is 0 Å². The molecule has 106 valence electrons. The highest BCUT2D eigenvalue weighted by atomic mass is 79.9. The van der Waals surface area contributed by atoms with Gasteiger partial charge >= 0.3 is 0 Å². The third-order valence-corrected chi connectivity index (χ3v) is 4.03. The molecule has 0 amide bonds. The Balaban J connectivity index is 1.85. The Hall–Kier alpha value is -1.78. The summed E-state index contributed by atoms with van der Waals surface area (Å²) >= 11 is 3.16. The van der Waals surface area contributed by atoms with Crippen molar-refractivity contribution >= 4 is 26.8 Å². The van der Waals surface area contributed by atoms with E-state index in [1.165, 1.54) is 6.07 Å². The lowest BCUT2D eigenvalue weighted by atomic mass is 10.00. The fraction of sp³-hybridized carbons (Fsp3) is 0.118. The number of halogens is 2. The van der Waals surface area contributed by atoms with E-state index in [1.807, 2.05) is 30.3 Å². The van der Waals surface area contributed by atoms with Crippen molar-refractivity contribution in [3.63, 3.8) is 0 Å². The first-order valence-electron chi connectivity index (χ1n) is 6.60. The molecule has 0 spiro atoms. The maximum absolute atomic E-state index is 13.2. The van der Waals surface area contributed by atoms with Gasteiger partial charge in [-0.3, -0.25) is 4.98 Å². The van der Waals surface area contributed by atoms with Crippen LogP contribution in [0.3, 0.4) is 0 Å². The number of hydrogen-bond donors (Lipinski definition) is 1. The van der Waals surface area contributed by atoms with Crippen molar-refractivity contribution < 1.29 is 9.50 Å². The van der Waals surface area contributed by atoms with E-state index >= 15 is 0 Å². The van der Waals surface area contributed by atoms with Gasteiger partial charge in [-0.1, -0.05) is 18.2 Å². The highest BCUT2D eigenvalue weighted by Gasteiger charge is 2.11. The molecule has 1 N–H and O–H groups in total. The minimum Gasteiger partial charge on any atom is -0.388 e. The van der Waals surface area contributed by atoms with E-state index in [2.05, 4.69) is 20.9 Å². The molecule has 2 aromatic carbocycles. The minimum atomic E-state index is -0.632. The van der Waals surface area contributed by atoms with E-state index in [1.54, 1.807) is 18.3 Å². The summed E-state index contributed by atoms with van der Waals surface area (Å²) in [6.07, 6.45) is 1.55. The highest BCUT2D eigenvalue weighted by molar-refractivity contribution is 9.10. The smallest absolute Gasteiger partial charge is 0.137 e. The zero-order valence-corrected chi connectivity index (χ0v) is 12.7. The molecule has 4 heteroatoms. The van der Waals surface area contributed by atoms with Crippen LogP contribution in [0.2, 0.25) is 0 Å². The molecule has 21 heavy (non-hydrogen) atoms. The molecule has 2 nitrogen and oxygen atoms in total. The first kappa shape index (κ1) is 14.2. The molecule has 0 aliphatic carbocycles. The van der Waals surface area contributed by atoms with Gasteiger partial charge in [-0.25, -0.2) is 4.39 Å². The predicted octanol–water partition coefficient (Wildman–Crippen LogP) is 4.41. The van der Waals surface area contributed by atoms with Gasteiger partial charge in [0.15, 0.2) is 0 Å². The Labute approximate surface area is 130 Å². The van der Waals surface area contributed by atoms with E-state index in [-0.39, 0.29) is 5.82 Å². The molecule has 1 aromatic heterocycles. The molecule has 0 radical (unpaired) electrons. The highest BCUT2D eigenvalue weighted by Crippen LogP contribution is 2.24. The quantitative estimate of drug-likeness (QED) is 0.762. The largest absolute Gasteiger partial charge is 0.388 e. The average molecular weight is 346 g/mol. The zero-order valence-electron chi connectivity index (χ0n) is 11.1. The van der Waals surface area contributed by atoms with E-state index in [9.17, 15) is 9.50 Å². The maximum atomic E-state index is 13.2. The third kappa shape index (κ3) is 3.12. The molecule has 0 saturated carbocycles. The SMILES string of the molecule is OC(Cc1ccc(F)c(Br)c1)c1ccc2ncccc2c1. The van der Waals surface area contributed by atoms with E-state index in [4.69, 9.17) is 0 Å². The number of aliphatic hydroxyl groups is 1. The molecule has 0 aliphatic rings. The summed E-state index contributed by atoms with van der Waals surface area (Å²) in [6.45, 7) is 0. The number of benzene rings is 2. The van der Waals surface area contributed by atoms with Crippen molar-refractivity contribution in [1.82, 2.24) is 4.98 Å². The number of aromatic nitrogens is 1. The van der Waals surface area contributed by atoms with Gasteiger partial charge in [-0.15, -0.1) is 0 Å². The number of aliphatic hydroxyl groups excluding tert-OH is 1. The Bertz CT molecular complexity index is 791. The first-order chi connectivity index (χ1) is 10.1. The van der Waals surface area contributed by atoms with Crippen molar-refractivity contribution in [2.75, 3.05) is 0 Å². The third-order valence-electron chi connectivity index (χ3n) is 3.42. The minimum absolute atomic E-state index is 0.301. The molecule has 0 bridgehead atoms. The Morgan fingerprint density at radius 3 is 2.81 bits per heavy atom. The van der Waals surface area contributed by atoms with Crippen molar-refractivity contribution in [3.05, 3.63) is 76.1 Å². The lowest BCUT2D eigenvalue weighted by Gasteiger charge is -2.12. The lowest BCUT2D eigenvalue weighted by molar-refractivity contribution is 0.178. The van der Waals surface area contributed by atoms with Gasteiger partial charge in [0.05, 0.1) is 16.1 Å². The predicted molar refractivity (Wildman–Crippen MR) is 84.5 cm³/mol. The molecule has 3 aromatic rings. The van der Waals surface area contributed by atoms with Crippen LogP contribution in [0, 0.1) is 5.82 Å². The summed E-state index contributed by atoms with van der Waals surface area (Å²) < 4.78 is 13.6. The number of nitrogens with zero attached hydrogens (tertiary/aromatic N) is 1. The second-order valence-corrected chi connectivity index (χ2v) is 5.78. The summed E-state index contributed by atoms with van der Waals surface area (Å²) in [6, 6.07) is 14.3. The van der Waals surface area contributed by atoms with E-state index < -0.39 is 6.10 Å². The Kier molecular flexibility index (Phi) is 3.99. The molecule has 3 rings (SSSR count). The molecule has 1 atom stereocenters.